The molecule has 1 aromatic heterocycles. The van der Waals surface area contributed by atoms with E-state index in [2.05, 4.69) is 5.32 Å². The fourth-order valence-corrected chi connectivity index (χ4v) is 2.18. The number of hydrogen-bond acceptors (Lipinski definition) is 3. The fraction of sp³-hybridized carbons (Fsp3) is 0.412. The largest absolute Gasteiger partial charge is 0.456 e. The van der Waals surface area contributed by atoms with Crippen LogP contribution in [0, 0.1) is 0 Å². The lowest BCUT2D eigenvalue weighted by molar-refractivity contribution is -0.148. The minimum absolute atomic E-state index is 0.0949. The fourth-order valence-electron chi connectivity index (χ4n) is 2.18. The second kappa shape index (κ2) is 7.64. The summed E-state index contributed by atoms with van der Waals surface area (Å²) in [6, 6.07) is 10.1. The monoisotopic (exact) mass is 302 g/mol. The van der Waals surface area contributed by atoms with Gasteiger partial charge in [0, 0.05) is 24.3 Å². The number of aryl methyl sites for hydroxylation is 1. The van der Waals surface area contributed by atoms with Crippen LogP contribution in [0.1, 0.15) is 26.7 Å². The molecular formula is C17H22N2O3. The van der Waals surface area contributed by atoms with Gasteiger partial charge in [-0.2, -0.15) is 0 Å². The van der Waals surface area contributed by atoms with Crippen LogP contribution in [0.4, 0.5) is 0 Å². The number of fused-ring (bicyclic) bond motifs is 1. The van der Waals surface area contributed by atoms with E-state index in [-0.39, 0.29) is 30.9 Å². The minimum Gasteiger partial charge on any atom is -0.456 e. The highest BCUT2D eigenvalue weighted by atomic mass is 16.5. The van der Waals surface area contributed by atoms with Crippen LogP contribution < -0.4 is 5.32 Å². The molecule has 118 valence electrons. The van der Waals surface area contributed by atoms with E-state index in [4.69, 9.17) is 4.74 Å². The average molecular weight is 302 g/mol. The summed E-state index contributed by atoms with van der Waals surface area (Å²) in [7, 11) is 0. The maximum absolute atomic E-state index is 11.7. The molecule has 0 unspecified atom stereocenters. The highest BCUT2D eigenvalue weighted by Crippen LogP contribution is 2.15. The Morgan fingerprint density at radius 1 is 1.27 bits per heavy atom. The van der Waals surface area contributed by atoms with E-state index in [9.17, 15) is 9.59 Å². The predicted octanol–water partition coefficient (Wildman–Crippen LogP) is 2.49. The van der Waals surface area contributed by atoms with Gasteiger partial charge in [0.25, 0.3) is 5.91 Å². The summed E-state index contributed by atoms with van der Waals surface area (Å²) in [6.07, 6.45) is 3.04. The summed E-state index contributed by atoms with van der Waals surface area (Å²) in [6.45, 7) is 4.23. The first-order valence-corrected chi connectivity index (χ1v) is 7.59. The zero-order valence-electron chi connectivity index (χ0n) is 13.0. The molecule has 1 aromatic carbocycles. The predicted molar refractivity (Wildman–Crippen MR) is 85.4 cm³/mol. The number of hydrogen-bond donors (Lipinski definition) is 1. The number of nitrogens with one attached hydrogen (secondary N) is 1. The number of amides is 1. The van der Waals surface area contributed by atoms with Crippen LogP contribution in [-0.2, 0) is 20.9 Å². The lowest BCUT2D eigenvalue weighted by Gasteiger charge is -2.11. The highest BCUT2D eigenvalue weighted by Gasteiger charge is 2.10. The number of benzene rings is 1. The number of para-hydroxylation sites is 1. The Bertz CT molecular complexity index is 648. The number of aromatic nitrogens is 1. The Labute approximate surface area is 130 Å². The van der Waals surface area contributed by atoms with Crippen molar-refractivity contribution in [2.45, 2.75) is 39.3 Å². The first kappa shape index (κ1) is 16.1. The molecule has 2 rings (SSSR count). The van der Waals surface area contributed by atoms with Gasteiger partial charge in [-0.1, -0.05) is 25.1 Å². The van der Waals surface area contributed by atoms with Crippen LogP contribution in [0.5, 0.6) is 0 Å². The molecule has 1 amide bonds. The number of nitrogens with zero attached hydrogens (tertiary/aromatic N) is 1. The van der Waals surface area contributed by atoms with Gasteiger partial charge in [-0.15, -0.1) is 0 Å². The van der Waals surface area contributed by atoms with Crippen molar-refractivity contribution >= 4 is 22.8 Å². The van der Waals surface area contributed by atoms with Crippen molar-refractivity contribution in [1.82, 2.24) is 9.88 Å². The Kier molecular flexibility index (Phi) is 5.58. The Hall–Kier alpha value is -2.30. The number of esters is 1. The summed E-state index contributed by atoms with van der Waals surface area (Å²) < 4.78 is 7.00. The first-order chi connectivity index (χ1) is 10.6. The standard InChI is InChI=1S/C17H22N2O3/c1-3-13(2)18-16(20)12-22-17(21)9-11-19-10-8-14-6-4-5-7-15(14)19/h4-8,10,13H,3,9,11-12H2,1-2H3,(H,18,20)/t13-/m1/s1. The summed E-state index contributed by atoms with van der Waals surface area (Å²) in [4.78, 5) is 23.2. The molecule has 0 bridgehead atoms. The lowest BCUT2D eigenvalue weighted by atomic mass is 10.2. The van der Waals surface area contributed by atoms with Crippen molar-refractivity contribution < 1.29 is 14.3 Å². The van der Waals surface area contributed by atoms with E-state index in [1.54, 1.807) is 0 Å². The molecule has 5 heteroatoms. The van der Waals surface area contributed by atoms with Crippen LogP contribution in [0.2, 0.25) is 0 Å². The molecule has 2 aromatic rings. The third kappa shape index (κ3) is 4.35. The van der Waals surface area contributed by atoms with E-state index >= 15 is 0 Å². The van der Waals surface area contributed by atoms with E-state index in [1.165, 1.54) is 0 Å². The van der Waals surface area contributed by atoms with Gasteiger partial charge >= 0.3 is 5.97 Å². The summed E-state index contributed by atoms with van der Waals surface area (Å²) in [5.74, 6) is -0.619. The van der Waals surface area contributed by atoms with E-state index in [0.717, 1.165) is 17.3 Å². The molecule has 0 fully saturated rings. The van der Waals surface area contributed by atoms with E-state index in [1.807, 2.05) is 54.9 Å². The lowest BCUT2D eigenvalue weighted by Crippen LogP contribution is -2.35. The zero-order chi connectivity index (χ0) is 15.9. The maximum atomic E-state index is 11.7. The Morgan fingerprint density at radius 2 is 2.05 bits per heavy atom. The normalized spacial score (nSPS) is 12.1. The SMILES string of the molecule is CC[C@@H](C)NC(=O)COC(=O)CCn1ccc2ccccc21. The highest BCUT2D eigenvalue weighted by molar-refractivity contribution is 5.81. The molecule has 1 heterocycles. The van der Waals surface area contributed by atoms with Gasteiger partial charge in [0.2, 0.25) is 0 Å². The number of carbonyl (C=O) groups is 2. The molecule has 0 aliphatic carbocycles. The van der Waals surface area contributed by atoms with E-state index in [0.29, 0.717) is 6.54 Å². The van der Waals surface area contributed by atoms with E-state index < -0.39 is 0 Å². The van der Waals surface area contributed by atoms with Crippen molar-refractivity contribution in [1.29, 1.82) is 0 Å². The van der Waals surface area contributed by atoms with Gasteiger partial charge in [-0.05, 0) is 30.9 Å². The van der Waals surface area contributed by atoms with Gasteiger partial charge in [-0.3, -0.25) is 9.59 Å². The molecule has 0 aliphatic heterocycles. The van der Waals surface area contributed by atoms with Crippen LogP contribution in [0.15, 0.2) is 36.5 Å². The molecule has 22 heavy (non-hydrogen) atoms. The molecule has 5 nitrogen and oxygen atoms in total. The van der Waals surface area contributed by atoms with Gasteiger partial charge in [0.05, 0.1) is 6.42 Å². The smallest absolute Gasteiger partial charge is 0.308 e. The number of ether oxygens (including phenoxy) is 1. The van der Waals surface area contributed by atoms with Crippen molar-refractivity contribution in [2.75, 3.05) is 6.61 Å². The molecule has 1 N–H and O–H groups in total. The topological polar surface area (TPSA) is 60.3 Å². The number of rotatable bonds is 7. The molecule has 0 aliphatic rings. The van der Waals surface area contributed by atoms with Crippen LogP contribution >= 0.6 is 0 Å². The van der Waals surface area contributed by atoms with Gasteiger partial charge in [0.15, 0.2) is 6.61 Å². The third-order valence-electron chi connectivity index (χ3n) is 3.62. The number of carbonyl (C=O) groups excluding carboxylic acids is 2. The van der Waals surface area contributed by atoms with Crippen molar-refractivity contribution in [2.24, 2.45) is 0 Å². The summed E-state index contributed by atoms with van der Waals surface area (Å²) >= 11 is 0. The molecule has 0 spiro atoms. The third-order valence-corrected chi connectivity index (χ3v) is 3.62. The quantitative estimate of drug-likeness (QED) is 0.799. The first-order valence-electron chi connectivity index (χ1n) is 7.59. The van der Waals surface area contributed by atoms with Crippen molar-refractivity contribution in [3.8, 4) is 0 Å². The second-order valence-corrected chi connectivity index (χ2v) is 5.36. The average Bonchev–Trinajstić information content (AvgIpc) is 2.94. The maximum Gasteiger partial charge on any atom is 0.308 e. The molecule has 0 saturated carbocycles. The molecule has 0 radical (unpaired) electrons. The molecular weight excluding hydrogens is 280 g/mol. The second-order valence-electron chi connectivity index (χ2n) is 5.36. The Balaban J connectivity index is 1.77. The minimum atomic E-state index is -0.364. The Morgan fingerprint density at radius 3 is 2.82 bits per heavy atom. The van der Waals surface area contributed by atoms with Crippen LogP contribution in [-0.4, -0.2) is 29.1 Å². The van der Waals surface area contributed by atoms with Crippen molar-refractivity contribution in [3.63, 3.8) is 0 Å². The van der Waals surface area contributed by atoms with Gasteiger partial charge < -0.3 is 14.6 Å². The zero-order valence-corrected chi connectivity index (χ0v) is 13.0. The van der Waals surface area contributed by atoms with Crippen molar-refractivity contribution in [3.05, 3.63) is 36.5 Å². The van der Waals surface area contributed by atoms with Gasteiger partial charge in [0.1, 0.15) is 0 Å². The summed E-state index contributed by atoms with van der Waals surface area (Å²) in [5.41, 5.74) is 1.09. The molecule has 1 atom stereocenters. The van der Waals surface area contributed by atoms with Gasteiger partial charge in [-0.25, -0.2) is 0 Å². The van der Waals surface area contributed by atoms with Crippen LogP contribution in [0.3, 0.4) is 0 Å². The molecule has 0 saturated heterocycles. The summed E-state index contributed by atoms with van der Waals surface area (Å²) in [5, 5.41) is 3.90. The van der Waals surface area contributed by atoms with Crippen LogP contribution in [0.25, 0.3) is 10.9 Å².